The van der Waals surface area contributed by atoms with Crippen molar-refractivity contribution in [1.29, 1.82) is 0 Å². The molecular weight excluding hydrogens is 338 g/mol. The third-order valence-electron chi connectivity index (χ3n) is 4.26. The van der Waals surface area contributed by atoms with Crippen LogP contribution in [0.25, 0.3) is 6.08 Å². The highest BCUT2D eigenvalue weighted by Crippen LogP contribution is 2.39. The number of hydrogen-bond acceptors (Lipinski definition) is 4. The third kappa shape index (κ3) is 4.56. The van der Waals surface area contributed by atoms with Crippen LogP contribution in [-0.4, -0.2) is 30.4 Å². The van der Waals surface area contributed by atoms with Crippen LogP contribution in [0.4, 0.5) is 13.2 Å². The van der Waals surface area contributed by atoms with Crippen molar-refractivity contribution < 1.29 is 22.5 Å². The van der Waals surface area contributed by atoms with Crippen molar-refractivity contribution in [2.24, 2.45) is 5.73 Å². The Morgan fingerprint density at radius 3 is 2.04 bits per heavy atom. The second-order valence-corrected chi connectivity index (χ2v) is 7.77. The van der Waals surface area contributed by atoms with E-state index in [1.807, 2.05) is 27.7 Å². The molecule has 0 atom stereocenters. The van der Waals surface area contributed by atoms with E-state index in [0.717, 1.165) is 11.0 Å². The molecule has 1 aromatic carbocycles. The Hall–Kier alpha value is -0.955. The maximum Gasteiger partial charge on any atom is 0.491 e. The molecule has 0 spiro atoms. The Labute approximate surface area is 144 Å². The summed E-state index contributed by atoms with van der Waals surface area (Å²) in [5.74, 6) is 0. The summed E-state index contributed by atoms with van der Waals surface area (Å²) in [7, 11) is -0.566. The molecule has 1 saturated heterocycles. The van der Waals surface area contributed by atoms with Crippen molar-refractivity contribution >= 4 is 25.0 Å². The molecular formula is C16H21BF3NO2S. The molecule has 0 aliphatic carbocycles. The van der Waals surface area contributed by atoms with E-state index in [-0.39, 0.29) is 23.2 Å². The summed E-state index contributed by atoms with van der Waals surface area (Å²) in [6.07, 6.45) is 1.80. The molecule has 1 aliphatic rings. The van der Waals surface area contributed by atoms with Crippen LogP contribution in [0.5, 0.6) is 0 Å². The van der Waals surface area contributed by atoms with Crippen LogP contribution in [0.3, 0.4) is 0 Å². The zero-order valence-corrected chi connectivity index (χ0v) is 14.9. The van der Waals surface area contributed by atoms with Gasteiger partial charge in [0.15, 0.2) is 0 Å². The molecule has 2 rings (SSSR count). The lowest BCUT2D eigenvalue weighted by Crippen LogP contribution is -2.41. The van der Waals surface area contributed by atoms with Crippen molar-refractivity contribution in [3.8, 4) is 0 Å². The van der Waals surface area contributed by atoms with Gasteiger partial charge in [-0.25, -0.2) is 0 Å². The van der Waals surface area contributed by atoms with Crippen LogP contribution in [0.15, 0.2) is 34.6 Å². The van der Waals surface area contributed by atoms with Crippen molar-refractivity contribution in [3.63, 3.8) is 0 Å². The minimum Gasteiger partial charge on any atom is -0.400 e. The van der Waals surface area contributed by atoms with Gasteiger partial charge in [0, 0.05) is 11.4 Å². The predicted molar refractivity (Wildman–Crippen MR) is 91.5 cm³/mol. The molecule has 0 amide bonds. The molecule has 3 nitrogen and oxygen atoms in total. The second-order valence-electron chi connectivity index (χ2n) is 6.63. The summed E-state index contributed by atoms with van der Waals surface area (Å²) in [5.41, 5.74) is 2.06. The lowest BCUT2D eigenvalue weighted by Gasteiger charge is -2.32. The van der Waals surface area contributed by atoms with Gasteiger partial charge >= 0.3 is 12.6 Å². The van der Waals surface area contributed by atoms with E-state index in [1.54, 1.807) is 18.2 Å². The van der Waals surface area contributed by atoms with Crippen molar-refractivity contribution in [2.75, 3.05) is 6.54 Å². The van der Waals surface area contributed by atoms with Crippen molar-refractivity contribution in [1.82, 2.24) is 0 Å². The topological polar surface area (TPSA) is 44.5 Å². The smallest absolute Gasteiger partial charge is 0.400 e. The number of halogens is 3. The summed E-state index contributed by atoms with van der Waals surface area (Å²) in [5, 5.41) is 0. The number of benzene rings is 1. The molecule has 1 aliphatic heterocycles. The molecule has 0 bridgehead atoms. The molecule has 0 unspecified atom stereocenters. The van der Waals surface area contributed by atoms with E-state index >= 15 is 0 Å². The van der Waals surface area contributed by atoms with E-state index in [0.29, 0.717) is 0 Å². The molecule has 0 radical (unpaired) electrons. The molecule has 2 N–H and O–H groups in total. The summed E-state index contributed by atoms with van der Waals surface area (Å²) in [6, 6.07) is 6.11. The molecule has 132 valence electrons. The molecule has 0 saturated carbocycles. The second kappa shape index (κ2) is 6.75. The summed E-state index contributed by atoms with van der Waals surface area (Å²) in [4.78, 5) is 0.143. The Bertz CT molecular complexity index is 599. The van der Waals surface area contributed by atoms with Crippen molar-refractivity contribution in [2.45, 2.75) is 49.3 Å². The minimum absolute atomic E-state index is 0.136. The van der Waals surface area contributed by atoms with Crippen LogP contribution in [0.1, 0.15) is 33.3 Å². The fourth-order valence-electron chi connectivity index (χ4n) is 2.20. The van der Waals surface area contributed by atoms with Gasteiger partial charge in [-0.2, -0.15) is 13.2 Å². The molecule has 1 fully saturated rings. The highest BCUT2D eigenvalue weighted by atomic mass is 32.2. The molecule has 1 aromatic rings. The molecule has 0 aromatic heterocycles. The first-order valence-electron chi connectivity index (χ1n) is 7.55. The highest BCUT2D eigenvalue weighted by molar-refractivity contribution is 8.00. The average molecular weight is 359 g/mol. The van der Waals surface area contributed by atoms with Gasteiger partial charge in [-0.05, 0) is 62.6 Å². The Morgan fingerprint density at radius 1 is 1.12 bits per heavy atom. The molecule has 1 heterocycles. The third-order valence-corrected chi connectivity index (χ3v) is 5.00. The van der Waals surface area contributed by atoms with E-state index < -0.39 is 23.8 Å². The van der Waals surface area contributed by atoms with E-state index in [2.05, 4.69) is 0 Å². The largest absolute Gasteiger partial charge is 0.491 e. The van der Waals surface area contributed by atoms with Crippen LogP contribution in [0.2, 0.25) is 0 Å². The van der Waals surface area contributed by atoms with Crippen LogP contribution < -0.4 is 5.73 Å². The number of nitrogens with two attached hydrogens (primary N) is 1. The van der Waals surface area contributed by atoms with E-state index in [1.165, 1.54) is 12.1 Å². The Balaban J connectivity index is 2.17. The van der Waals surface area contributed by atoms with Crippen LogP contribution in [-0.2, 0) is 9.31 Å². The quantitative estimate of drug-likeness (QED) is 0.644. The predicted octanol–water partition coefficient (Wildman–Crippen LogP) is 4.27. The summed E-state index contributed by atoms with van der Waals surface area (Å²) < 4.78 is 49.0. The first-order valence-corrected chi connectivity index (χ1v) is 8.37. The zero-order valence-electron chi connectivity index (χ0n) is 14.1. The van der Waals surface area contributed by atoms with Gasteiger partial charge in [0.25, 0.3) is 0 Å². The van der Waals surface area contributed by atoms with Crippen molar-refractivity contribution in [3.05, 3.63) is 35.3 Å². The lowest BCUT2D eigenvalue weighted by molar-refractivity contribution is -0.0328. The van der Waals surface area contributed by atoms with Gasteiger partial charge in [0.05, 0.1) is 11.2 Å². The van der Waals surface area contributed by atoms with Crippen LogP contribution >= 0.6 is 11.8 Å². The maximum atomic E-state index is 12.4. The Morgan fingerprint density at radius 2 is 1.62 bits per heavy atom. The number of hydrogen-bond donors (Lipinski definition) is 1. The number of rotatable bonds is 4. The van der Waals surface area contributed by atoms with Gasteiger partial charge in [0.1, 0.15) is 0 Å². The first-order chi connectivity index (χ1) is 10.9. The van der Waals surface area contributed by atoms with Gasteiger partial charge < -0.3 is 15.0 Å². The number of thioether (sulfide) groups is 1. The monoisotopic (exact) mass is 359 g/mol. The normalized spacial score (nSPS) is 20.5. The van der Waals surface area contributed by atoms with E-state index in [4.69, 9.17) is 15.0 Å². The fraction of sp³-hybridized carbons (Fsp3) is 0.500. The maximum absolute atomic E-state index is 12.4. The summed E-state index contributed by atoms with van der Waals surface area (Å²) in [6.45, 7) is 8.03. The van der Waals surface area contributed by atoms with Gasteiger partial charge in [-0.15, -0.1) is 0 Å². The van der Waals surface area contributed by atoms with Crippen LogP contribution in [0, 0.1) is 0 Å². The molecule has 8 heteroatoms. The van der Waals surface area contributed by atoms with E-state index in [9.17, 15) is 13.2 Å². The van der Waals surface area contributed by atoms with Gasteiger partial charge in [0.2, 0.25) is 0 Å². The SMILES string of the molecule is CC1(C)OB(C(=Cc2ccc(SC(F)(F)F)cc2)CN)OC1(C)C. The van der Waals surface area contributed by atoms with Gasteiger partial charge in [-0.3, -0.25) is 0 Å². The lowest BCUT2D eigenvalue weighted by atomic mass is 9.77. The fourth-order valence-corrected chi connectivity index (χ4v) is 2.74. The minimum atomic E-state index is -4.29. The first kappa shape index (κ1) is 19.4. The zero-order chi connectivity index (χ0) is 18.2. The number of alkyl halides is 3. The highest BCUT2D eigenvalue weighted by Gasteiger charge is 2.52. The summed E-state index contributed by atoms with van der Waals surface area (Å²) >= 11 is -0.136. The average Bonchev–Trinajstić information content (AvgIpc) is 2.64. The Kier molecular flexibility index (Phi) is 5.44. The standard InChI is InChI=1S/C16H21BF3NO2S/c1-14(2)15(3,4)23-17(22-14)12(10-21)9-11-5-7-13(8-6-11)24-16(18,19)20/h5-9H,10,21H2,1-4H3. The van der Waals surface area contributed by atoms with Gasteiger partial charge in [-0.1, -0.05) is 18.2 Å². The molecule has 24 heavy (non-hydrogen) atoms.